The minimum absolute atomic E-state index is 1.08. The van der Waals surface area contributed by atoms with Crippen LogP contribution in [0.1, 0.15) is 33.6 Å². The Morgan fingerprint density at radius 3 is 2.47 bits per heavy atom. The topological polar surface area (TPSA) is 3.24 Å². The zero-order valence-corrected chi connectivity index (χ0v) is 10.7. The van der Waals surface area contributed by atoms with Crippen LogP contribution in [0, 0.1) is 0 Å². The Labute approximate surface area is 95.2 Å². The maximum Gasteiger partial charge on any atom is 0.0230 e. The Hall–Kier alpha value is -0.820. The van der Waals surface area contributed by atoms with Crippen LogP contribution in [0.2, 0.25) is 0 Å². The molecule has 86 valence electrons. The Balaban J connectivity index is 0.000000921. The first kappa shape index (κ1) is 14.2. The predicted octanol–water partition coefficient (Wildman–Crippen LogP) is 3.80. The SMILES string of the molecule is C=C/C=C1/CCCN(C)C/C1=C/C.CC. The van der Waals surface area contributed by atoms with E-state index in [9.17, 15) is 0 Å². The van der Waals surface area contributed by atoms with Crippen LogP contribution in [0.3, 0.4) is 0 Å². The average Bonchev–Trinajstić information content (AvgIpc) is 2.44. The van der Waals surface area contributed by atoms with Crippen LogP contribution in [0.25, 0.3) is 0 Å². The van der Waals surface area contributed by atoms with Crippen molar-refractivity contribution in [2.45, 2.75) is 33.6 Å². The van der Waals surface area contributed by atoms with Gasteiger partial charge in [-0.15, -0.1) is 0 Å². The lowest BCUT2D eigenvalue weighted by Crippen LogP contribution is -2.19. The Kier molecular flexibility index (Phi) is 8.02. The molecule has 1 heterocycles. The van der Waals surface area contributed by atoms with Crippen LogP contribution >= 0.6 is 0 Å². The molecule has 0 aromatic carbocycles. The molecule has 0 aromatic heterocycles. The van der Waals surface area contributed by atoms with Gasteiger partial charge in [0.05, 0.1) is 0 Å². The summed E-state index contributed by atoms with van der Waals surface area (Å²) in [5.74, 6) is 0. The Bertz CT molecular complexity index is 236. The summed E-state index contributed by atoms with van der Waals surface area (Å²) in [7, 11) is 2.18. The number of hydrogen-bond acceptors (Lipinski definition) is 1. The first-order chi connectivity index (χ1) is 7.27. The van der Waals surface area contributed by atoms with Crippen molar-refractivity contribution in [3.63, 3.8) is 0 Å². The summed E-state index contributed by atoms with van der Waals surface area (Å²) in [6, 6.07) is 0. The summed E-state index contributed by atoms with van der Waals surface area (Å²) in [5, 5.41) is 0. The standard InChI is InChI=1S/C12H19N.C2H6/c1-4-7-12-8-6-9-13(3)10-11(12)5-2;1-2/h4-5,7H,1,6,8-10H2,2-3H3;1-2H3/b11-5-,12-7-;. The number of allylic oxidation sites excluding steroid dienone is 3. The maximum atomic E-state index is 3.76. The van der Waals surface area contributed by atoms with Crippen molar-refractivity contribution in [1.82, 2.24) is 4.90 Å². The molecule has 0 radical (unpaired) electrons. The molecule has 1 heteroatoms. The van der Waals surface area contributed by atoms with Gasteiger partial charge in [-0.2, -0.15) is 0 Å². The molecule has 1 rings (SSSR count). The lowest BCUT2D eigenvalue weighted by Gasteiger charge is -2.13. The average molecular weight is 207 g/mol. The van der Waals surface area contributed by atoms with Crippen LogP contribution in [0.4, 0.5) is 0 Å². The molecule has 0 bridgehead atoms. The van der Waals surface area contributed by atoms with Gasteiger partial charge in [0.2, 0.25) is 0 Å². The third kappa shape index (κ3) is 4.98. The highest BCUT2D eigenvalue weighted by molar-refractivity contribution is 5.34. The first-order valence-electron chi connectivity index (χ1n) is 5.93. The summed E-state index contributed by atoms with van der Waals surface area (Å²) < 4.78 is 0. The second kappa shape index (κ2) is 8.49. The van der Waals surface area contributed by atoms with E-state index in [4.69, 9.17) is 0 Å². The molecule has 0 unspecified atom stereocenters. The smallest absolute Gasteiger partial charge is 0.0230 e. The molecule has 0 spiro atoms. The minimum Gasteiger partial charge on any atom is -0.302 e. The molecule has 1 aliphatic heterocycles. The zero-order valence-electron chi connectivity index (χ0n) is 10.7. The molecule has 0 amide bonds. The number of rotatable bonds is 1. The number of nitrogens with zero attached hydrogens (tertiary/aromatic N) is 1. The van der Waals surface area contributed by atoms with Gasteiger partial charge < -0.3 is 4.90 Å². The van der Waals surface area contributed by atoms with Gasteiger partial charge >= 0.3 is 0 Å². The van der Waals surface area contributed by atoms with Gasteiger partial charge in [0.15, 0.2) is 0 Å². The van der Waals surface area contributed by atoms with Crippen molar-refractivity contribution in [3.8, 4) is 0 Å². The normalized spacial score (nSPS) is 23.2. The second-order valence-electron chi connectivity index (χ2n) is 3.58. The fourth-order valence-corrected chi connectivity index (χ4v) is 1.78. The molecule has 15 heavy (non-hydrogen) atoms. The lowest BCUT2D eigenvalue weighted by molar-refractivity contribution is 0.370. The monoisotopic (exact) mass is 207 g/mol. The van der Waals surface area contributed by atoms with E-state index in [1.54, 1.807) is 0 Å². The van der Waals surface area contributed by atoms with E-state index in [2.05, 4.69) is 37.6 Å². The van der Waals surface area contributed by atoms with Gasteiger partial charge in [-0.05, 0) is 44.5 Å². The van der Waals surface area contributed by atoms with Crippen LogP contribution in [0.15, 0.2) is 36.0 Å². The summed E-state index contributed by atoms with van der Waals surface area (Å²) in [6.45, 7) is 12.2. The summed E-state index contributed by atoms with van der Waals surface area (Å²) in [4.78, 5) is 2.37. The van der Waals surface area contributed by atoms with Gasteiger partial charge in [0.1, 0.15) is 0 Å². The molecule has 1 aliphatic rings. The number of hydrogen-bond donors (Lipinski definition) is 0. The summed E-state index contributed by atoms with van der Waals surface area (Å²) >= 11 is 0. The van der Waals surface area contributed by atoms with Crippen molar-refractivity contribution in [2.24, 2.45) is 0 Å². The van der Waals surface area contributed by atoms with Gasteiger partial charge in [-0.3, -0.25) is 0 Å². The largest absolute Gasteiger partial charge is 0.302 e. The van der Waals surface area contributed by atoms with E-state index in [-0.39, 0.29) is 0 Å². The van der Waals surface area contributed by atoms with Crippen LogP contribution in [-0.2, 0) is 0 Å². The van der Waals surface area contributed by atoms with E-state index < -0.39 is 0 Å². The number of likely N-dealkylation sites (tertiary alicyclic amines) is 1. The third-order valence-corrected chi connectivity index (χ3v) is 2.51. The molecule has 0 aromatic rings. The highest BCUT2D eigenvalue weighted by atomic mass is 15.1. The second-order valence-corrected chi connectivity index (χ2v) is 3.58. The molecule has 0 saturated carbocycles. The van der Waals surface area contributed by atoms with Crippen molar-refractivity contribution in [2.75, 3.05) is 20.1 Å². The molecule has 0 N–H and O–H groups in total. The van der Waals surface area contributed by atoms with Crippen molar-refractivity contribution in [3.05, 3.63) is 36.0 Å². The van der Waals surface area contributed by atoms with Gasteiger partial charge in [0, 0.05) is 6.54 Å². The lowest BCUT2D eigenvalue weighted by atomic mass is 10.0. The minimum atomic E-state index is 1.08. The third-order valence-electron chi connectivity index (χ3n) is 2.51. The first-order valence-corrected chi connectivity index (χ1v) is 5.93. The van der Waals surface area contributed by atoms with Gasteiger partial charge in [0.25, 0.3) is 0 Å². The highest BCUT2D eigenvalue weighted by Gasteiger charge is 2.11. The van der Waals surface area contributed by atoms with E-state index in [0.717, 1.165) is 6.54 Å². The van der Waals surface area contributed by atoms with E-state index in [0.29, 0.717) is 0 Å². The van der Waals surface area contributed by atoms with Gasteiger partial charge in [-0.25, -0.2) is 0 Å². The van der Waals surface area contributed by atoms with Crippen LogP contribution < -0.4 is 0 Å². The van der Waals surface area contributed by atoms with Crippen molar-refractivity contribution >= 4 is 0 Å². The van der Waals surface area contributed by atoms with E-state index >= 15 is 0 Å². The molecule has 1 nitrogen and oxygen atoms in total. The molecular weight excluding hydrogens is 182 g/mol. The van der Waals surface area contributed by atoms with Crippen LogP contribution in [-0.4, -0.2) is 25.0 Å². The predicted molar refractivity (Wildman–Crippen MR) is 70.1 cm³/mol. The van der Waals surface area contributed by atoms with Gasteiger partial charge in [-0.1, -0.05) is 38.7 Å². The fraction of sp³-hybridized carbons (Fsp3) is 0.571. The molecular formula is C14H25N. The van der Waals surface area contributed by atoms with Crippen molar-refractivity contribution in [1.29, 1.82) is 0 Å². The van der Waals surface area contributed by atoms with E-state index in [1.807, 2.05) is 19.9 Å². The Morgan fingerprint density at radius 1 is 1.27 bits per heavy atom. The quantitative estimate of drug-likeness (QED) is 0.632. The molecule has 1 fully saturated rings. The molecule has 1 saturated heterocycles. The Morgan fingerprint density at radius 2 is 1.93 bits per heavy atom. The molecule has 0 aliphatic carbocycles. The number of likely N-dealkylation sites (N-methyl/N-ethyl adjacent to an activating group) is 1. The summed E-state index contributed by atoms with van der Waals surface area (Å²) in [5.41, 5.74) is 2.92. The maximum absolute atomic E-state index is 3.76. The zero-order chi connectivity index (χ0) is 11.7. The summed E-state index contributed by atoms with van der Waals surface area (Å²) in [6.07, 6.45) is 8.71. The van der Waals surface area contributed by atoms with Crippen molar-refractivity contribution < 1.29 is 0 Å². The fourth-order valence-electron chi connectivity index (χ4n) is 1.78. The van der Waals surface area contributed by atoms with Crippen LogP contribution in [0.5, 0.6) is 0 Å². The molecule has 0 atom stereocenters. The van der Waals surface area contributed by atoms with E-state index in [1.165, 1.54) is 30.5 Å². The highest BCUT2D eigenvalue weighted by Crippen LogP contribution is 2.21.